The third-order valence-electron chi connectivity index (χ3n) is 5.98. The second-order valence-electron chi connectivity index (χ2n) is 8.85. The van der Waals surface area contributed by atoms with Gasteiger partial charge in [-0.15, -0.1) is 0 Å². The van der Waals surface area contributed by atoms with Crippen molar-refractivity contribution in [3.05, 3.63) is 71.8 Å². The van der Waals surface area contributed by atoms with Gasteiger partial charge in [-0.3, -0.25) is 4.79 Å². The number of carbonyl (C=O) groups excluding carboxylic acids is 2. The molecule has 0 spiro atoms. The van der Waals surface area contributed by atoms with E-state index in [0.29, 0.717) is 32.5 Å². The number of aliphatic hydroxyl groups is 1. The van der Waals surface area contributed by atoms with Gasteiger partial charge in [-0.25, -0.2) is 4.79 Å². The van der Waals surface area contributed by atoms with Gasteiger partial charge in [-0.05, 0) is 31.5 Å². The standard InChI is InChI=1S/C26H36N4O3/c1-21(31)20-30(14-13-22-9-5-3-6-10-22)26(33)27-24(19-23-11-7-4-8-12-23)25(32)29-17-15-28(2)16-18-29/h3-12,21,24,31H,13-20H2,1-2H3,(H,27,33)/t21?,24-/m0/s1. The van der Waals surface area contributed by atoms with Gasteiger partial charge < -0.3 is 25.1 Å². The number of rotatable bonds is 9. The van der Waals surface area contributed by atoms with Crippen LogP contribution in [-0.4, -0.2) is 90.2 Å². The van der Waals surface area contributed by atoms with E-state index in [1.54, 1.807) is 11.8 Å². The smallest absolute Gasteiger partial charge is 0.318 e. The van der Waals surface area contributed by atoms with Crippen molar-refractivity contribution in [2.24, 2.45) is 0 Å². The number of nitrogens with one attached hydrogen (secondary N) is 1. The third kappa shape index (κ3) is 7.87. The number of piperazine rings is 1. The Hall–Kier alpha value is -2.90. The van der Waals surface area contributed by atoms with Gasteiger partial charge in [0.2, 0.25) is 5.91 Å². The molecule has 1 saturated heterocycles. The summed E-state index contributed by atoms with van der Waals surface area (Å²) in [5.74, 6) is -0.0552. The fourth-order valence-corrected chi connectivity index (χ4v) is 4.04. The minimum absolute atomic E-state index is 0.0552. The van der Waals surface area contributed by atoms with E-state index in [0.717, 1.165) is 24.2 Å². The summed E-state index contributed by atoms with van der Waals surface area (Å²) < 4.78 is 0. The summed E-state index contributed by atoms with van der Waals surface area (Å²) in [6.07, 6.45) is 0.447. The summed E-state index contributed by atoms with van der Waals surface area (Å²) in [6, 6.07) is 18.7. The number of nitrogens with zero attached hydrogens (tertiary/aromatic N) is 3. The monoisotopic (exact) mass is 452 g/mol. The van der Waals surface area contributed by atoms with Crippen LogP contribution in [-0.2, 0) is 17.6 Å². The van der Waals surface area contributed by atoms with Crippen molar-refractivity contribution in [1.29, 1.82) is 0 Å². The summed E-state index contributed by atoms with van der Waals surface area (Å²) >= 11 is 0. The first-order valence-electron chi connectivity index (χ1n) is 11.7. The van der Waals surface area contributed by atoms with Crippen LogP contribution in [0, 0.1) is 0 Å². The summed E-state index contributed by atoms with van der Waals surface area (Å²) in [5.41, 5.74) is 2.12. The Balaban J connectivity index is 1.71. The zero-order chi connectivity index (χ0) is 23.6. The van der Waals surface area contributed by atoms with Crippen molar-refractivity contribution in [1.82, 2.24) is 20.0 Å². The van der Waals surface area contributed by atoms with Crippen LogP contribution in [0.5, 0.6) is 0 Å². The van der Waals surface area contributed by atoms with Gasteiger partial charge in [0, 0.05) is 45.7 Å². The largest absolute Gasteiger partial charge is 0.392 e. The summed E-state index contributed by atoms with van der Waals surface area (Å²) in [4.78, 5) is 32.3. The predicted molar refractivity (Wildman–Crippen MR) is 130 cm³/mol. The lowest BCUT2D eigenvalue weighted by Gasteiger charge is -2.35. The molecule has 1 heterocycles. The van der Waals surface area contributed by atoms with Crippen LogP contribution < -0.4 is 5.32 Å². The van der Waals surface area contributed by atoms with Crippen molar-refractivity contribution >= 4 is 11.9 Å². The second kappa shape index (κ2) is 12.4. The summed E-state index contributed by atoms with van der Waals surface area (Å²) in [7, 11) is 2.05. The molecule has 0 saturated carbocycles. The number of hydrogen-bond acceptors (Lipinski definition) is 4. The Labute approximate surface area is 197 Å². The minimum Gasteiger partial charge on any atom is -0.392 e. The van der Waals surface area contributed by atoms with Gasteiger partial charge in [0.05, 0.1) is 6.10 Å². The van der Waals surface area contributed by atoms with Crippen molar-refractivity contribution in [3.63, 3.8) is 0 Å². The Kier molecular flexibility index (Phi) is 9.27. The van der Waals surface area contributed by atoms with E-state index in [1.807, 2.05) is 72.6 Å². The third-order valence-corrected chi connectivity index (χ3v) is 5.98. The maximum atomic E-state index is 13.4. The number of hydrogen-bond donors (Lipinski definition) is 2. The van der Waals surface area contributed by atoms with Gasteiger partial charge in [0.25, 0.3) is 0 Å². The van der Waals surface area contributed by atoms with Crippen LogP contribution >= 0.6 is 0 Å². The van der Waals surface area contributed by atoms with Crippen LogP contribution in [0.2, 0.25) is 0 Å². The molecular weight excluding hydrogens is 416 g/mol. The molecule has 1 aliphatic heterocycles. The fourth-order valence-electron chi connectivity index (χ4n) is 4.04. The van der Waals surface area contributed by atoms with Crippen LogP contribution in [0.15, 0.2) is 60.7 Å². The highest BCUT2D eigenvalue weighted by atomic mass is 16.3. The zero-order valence-electron chi connectivity index (χ0n) is 19.7. The first-order chi connectivity index (χ1) is 15.9. The molecule has 1 unspecified atom stereocenters. The van der Waals surface area contributed by atoms with E-state index in [-0.39, 0.29) is 18.5 Å². The highest BCUT2D eigenvalue weighted by molar-refractivity contribution is 5.87. The molecule has 3 amide bonds. The Morgan fingerprint density at radius 3 is 2.12 bits per heavy atom. The molecule has 0 aliphatic carbocycles. The quantitative estimate of drug-likeness (QED) is 0.610. The summed E-state index contributed by atoms with van der Waals surface area (Å²) in [6.45, 7) is 5.29. The van der Waals surface area contributed by atoms with E-state index in [4.69, 9.17) is 0 Å². The minimum atomic E-state index is -0.660. The SMILES string of the molecule is CC(O)CN(CCc1ccccc1)C(=O)N[C@@H](Cc1ccccc1)C(=O)N1CCN(C)CC1. The number of likely N-dealkylation sites (N-methyl/N-ethyl adjacent to an activating group) is 1. The number of benzene rings is 2. The van der Waals surface area contributed by atoms with Gasteiger partial charge >= 0.3 is 6.03 Å². The first kappa shape index (κ1) is 24.7. The molecular formula is C26H36N4O3. The van der Waals surface area contributed by atoms with E-state index < -0.39 is 12.1 Å². The van der Waals surface area contributed by atoms with Gasteiger partial charge in [-0.2, -0.15) is 0 Å². The molecule has 0 radical (unpaired) electrons. The van der Waals surface area contributed by atoms with Crippen LogP contribution in [0.1, 0.15) is 18.1 Å². The van der Waals surface area contributed by atoms with E-state index in [2.05, 4.69) is 10.2 Å². The molecule has 7 nitrogen and oxygen atoms in total. The molecule has 178 valence electrons. The van der Waals surface area contributed by atoms with E-state index in [9.17, 15) is 14.7 Å². The molecule has 1 fully saturated rings. The lowest BCUT2D eigenvalue weighted by molar-refractivity contribution is -0.134. The van der Waals surface area contributed by atoms with Crippen LogP contribution in [0.3, 0.4) is 0 Å². The molecule has 33 heavy (non-hydrogen) atoms. The Morgan fingerprint density at radius 1 is 0.970 bits per heavy atom. The molecule has 2 aromatic rings. The van der Waals surface area contributed by atoms with Gasteiger partial charge in [0.1, 0.15) is 6.04 Å². The van der Waals surface area contributed by atoms with Crippen molar-refractivity contribution in [2.45, 2.75) is 31.9 Å². The average molecular weight is 453 g/mol. The molecule has 7 heteroatoms. The van der Waals surface area contributed by atoms with Gasteiger partial charge in [-0.1, -0.05) is 60.7 Å². The lowest BCUT2D eigenvalue weighted by atomic mass is 10.0. The maximum Gasteiger partial charge on any atom is 0.318 e. The highest BCUT2D eigenvalue weighted by Gasteiger charge is 2.29. The van der Waals surface area contributed by atoms with Crippen LogP contribution in [0.4, 0.5) is 4.79 Å². The molecule has 2 aromatic carbocycles. The molecule has 0 bridgehead atoms. The number of aliphatic hydroxyl groups excluding tert-OH is 1. The zero-order valence-corrected chi connectivity index (χ0v) is 19.7. The summed E-state index contributed by atoms with van der Waals surface area (Å²) in [5, 5.41) is 13.0. The predicted octanol–water partition coefficient (Wildman–Crippen LogP) is 2.01. The molecule has 0 aromatic heterocycles. The van der Waals surface area contributed by atoms with Crippen molar-refractivity contribution in [3.8, 4) is 0 Å². The highest BCUT2D eigenvalue weighted by Crippen LogP contribution is 2.10. The van der Waals surface area contributed by atoms with Crippen molar-refractivity contribution < 1.29 is 14.7 Å². The lowest BCUT2D eigenvalue weighted by Crippen LogP contribution is -2.57. The van der Waals surface area contributed by atoms with Crippen molar-refractivity contribution in [2.75, 3.05) is 46.3 Å². The number of urea groups is 1. The number of carbonyl (C=O) groups is 2. The Morgan fingerprint density at radius 2 is 1.55 bits per heavy atom. The normalized spacial score (nSPS) is 16.2. The molecule has 2 atom stereocenters. The van der Waals surface area contributed by atoms with E-state index >= 15 is 0 Å². The second-order valence-corrected chi connectivity index (χ2v) is 8.85. The Bertz CT molecular complexity index is 868. The van der Waals surface area contributed by atoms with Gasteiger partial charge in [0.15, 0.2) is 0 Å². The average Bonchev–Trinajstić information content (AvgIpc) is 2.82. The molecule has 2 N–H and O–H groups in total. The first-order valence-corrected chi connectivity index (χ1v) is 11.7. The fraction of sp³-hybridized carbons (Fsp3) is 0.462. The topological polar surface area (TPSA) is 76.1 Å². The van der Waals surface area contributed by atoms with E-state index in [1.165, 1.54) is 0 Å². The maximum absolute atomic E-state index is 13.4. The molecule has 1 aliphatic rings. The van der Waals surface area contributed by atoms with Crippen LogP contribution in [0.25, 0.3) is 0 Å². The molecule has 3 rings (SSSR count). The number of amides is 3.